The van der Waals surface area contributed by atoms with E-state index in [4.69, 9.17) is 4.98 Å². The van der Waals surface area contributed by atoms with Crippen LogP contribution in [0.3, 0.4) is 0 Å². The minimum Gasteiger partial charge on any atom is -0.283 e. The topological polar surface area (TPSA) is 70.6 Å². The van der Waals surface area contributed by atoms with Crippen molar-refractivity contribution in [2.75, 3.05) is 18.0 Å². The Hall–Kier alpha value is -3.14. The predicted octanol–water partition coefficient (Wildman–Crippen LogP) is 5.38. The van der Waals surface area contributed by atoms with Gasteiger partial charge in [-0.25, -0.2) is 17.8 Å². The van der Waals surface area contributed by atoms with E-state index in [0.29, 0.717) is 24.5 Å². The lowest BCUT2D eigenvalue weighted by Crippen LogP contribution is -2.44. The van der Waals surface area contributed by atoms with Gasteiger partial charge in [-0.2, -0.15) is 4.31 Å². The molecule has 0 radical (unpaired) electrons. The van der Waals surface area contributed by atoms with E-state index in [1.54, 1.807) is 4.90 Å². The second-order valence-electron chi connectivity index (χ2n) is 8.94. The van der Waals surface area contributed by atoms with Crippen LogP contribution in [0.5, 0.6) is 0 Å². The van der Waals surface area contributed by atoms with Crippen LogP contribution >= 0.6 is 11.3 Å². The van der Waals surface area contributed by atoms with E-state index < -0.39 is 15.8 Å². The molecule has 0 atom stereocenters. The molecule has 1 fully saturated rings. The lowest BCUT2D eigenvalue weighted by molar-refractivity contribution is -0.123. The minimum atomic E-state index is -3.96. The van der Waals surface area contributed by atoms with Gasteiger partial charge in [-0.1, -0.05) is 65.9 Å². The molecule has 36 heavy (non-hydrogen) atoms. The summed E-state index contributed by atoms with van der Waals surface area (Å²) >= 11 is 1.48. The molecular formula is C27H26FN3O3S2. The Morgan fingerprint density at radius 3 is 2.42 bits per heavy atom. The van der Waals surface area contributed by atoms with Crippen LogP contribution in [-0.4, -0.2) is 36.7 Å². The molecule has 0 N–H and O–H groups in total. The maximum Gasteiger partial charge on any atom is 0.245 e. The van der Waals surface area contributed by atoms with E-state index in [1.165, 1.54) is 33.8 Å². The Balaban J connectivity index is 1.39. The number of fused-ring (bicyclic) bond motifs is 1. The predicted molar refractivity (Wildman–Crippen MR) is 140 cm³/mol. The number of rotatable bonds is 6. The van der Waals surface area contributed by atoms with Crippen molar-refractivity contribution in [1.82, 2.24) is 9.29 Å². The fourth-order valence-electron chi connectivity index (χ4n) is 4.55. The SMILES string of the molecule is Cc1cccc2sc(N(Cc3ccccc3)C(=O)C3CCN(S(=O)(=O)c4ccccc4F)CC3)nc12. The third-order valence-electron chi connectivity index (χ3n) is 6.55. The smallest absolute Gasteiger partial charge is 0.245 e. The number of carbonyl (C=O) groups excluding carboxylic acids is 1. The normalized spacial score (nSPS) is 15.3. The number of carbonyl (C=O) groups is 1. The van der Waals surface area contributed by atoms with Crippen LogP contribution in [0.1, 0.15) is 24.0 Å². The molecule has 1 aromatic heterocycles. The number of amides is 1. The summed E-state index contributed by atoms with van der Waals surface area (Å²) in [4.78, 5) is 20.0. The molecule has 1 amide bonds. The molecule has 1 aliphatic heterocycles. The zero-order valence-electron chi connectivity index (χ0n) is 19.8. The summed E-state index contributed by atoms with van der Waals surface area (Å²) in [6, 6.07) is 21.1. The Bertz CT molecular complexity index is 1500. The lowest BCUT2D eigenvalue weighted by Gasteiger charge is -2.33. The number of anilines is 1. The average molecular weight is 524 g/mol. The first-order valence-corrected chi connectivity index (χ1v) is 14.1. The molecular weight excluding hydrogens is 497 g/mol. The van der Waals surface area contributed by atoms with Crippen molar-refractivity contribution in [2.24, 2.45) is 5.92 Å². The Morgan fingerprint density at radius 1 is 1.03 bits per heavy atom. The number of piperidine rings is 1. The Labute approximate surface area is 214 Å². The quantitative estimate of drug-likeness (QED) is 0.340. The van der Waals surface area contributed by atoms with Crippen LogP contribution in [-0.2, 0) is 21.4 Å². The highest BCUT2D eigenvalue weighted by Gasteiger charge is 2.36. The second-order valence-corrected chi connectivity index (χ2v) is 11.9. The van der Waals surface area contributed by atoms with Crippen molar-refractivity contribution in [2.45, 2.75) is 31.2 Å². The van der Waals surface area contributed by atoms with E-state index in [-0.39, 0.29) is 29.8 Å². The number of aryl methyl sites for hydroxylation is 1. The number of thiazole rings is 1. The van der Waals surface area contributed by atoms with Crippen molar-refractivity contribution in [1.29, 1.82) is 0 Å². The summed E-state index contributed by atoms with van der Waals surface area (Å²) in [5.74, 6) is -1.19. The van der Waals surface area contributed by atoms with Crippen LogP contribution in [0.15, 0.2) is 77.7 Å². The molecule has 2 heterocycles. The fraction of sp³-hybridized carbons (Fsp3) is 0.259. The van der Waals surface area contributed by atoms with Crippen LogP contribution < -0.4 is 4.90 Å². The molecule has 186 valence electrons. The molecule has 6 nitrogen and oxygen atoms in total. The van der Waals surface area contributed by atoms with Crippen LogP contribution in [0, 0.1) is 18.7 Å². The van der Waals surface area contributed by atoms with E-state index in [2.05, 4.69) is 0 Å². The van der Waals surface area contributed by atoms with Crippen molar-refractivity contribution >= 4 is 42.6 Å². The summed E-state index contributed by atoms with van der Waals surface area (Å²) in [5.41, 5.74) is 2.92. The van der Waals surface area contributed by atoms with Gasteiger partial charge in [-0.05, 0) is 49.1 Å². The zero-order chi connectivity index (χ0) is 25.3. The highest BCUT2D eigenvalue weighted by molar-refractivity contribution is 7.89. The van der Waals surface area contributed by atoms with Gasteiger partial charge in [0.1, 0.15) is 10.7 Å². The largest absolute Gasteiger partial charge is 0.283 e. The van der Waals surface area contributed by atoms with Crippen LogP contribution in [0.2, 0.25) is 0 Å². The monoisotopic (exact) mass is 523 g/mol. The molecule has 4 aromatic rings. The van der Waals surface area contributed by atoms with E-state index in [1.807, 2.05) is 55.5 Å². The van der Waals surface area contributed by atoms with Gasteiger partial charge in [0.2, 0.25) is 15.9 Å². The number of para-hydroxylation sites is 1. The summed E-state index contributed by atoms with van der Waals surface area (Å²) in [6.07, 6.45) is 0.726. The Kier molecular flexibility index (Phi) is 6.87. The molecule has 0 spiro atoms. The maximum atomic E-state index is 14.2. The third kappa shape index (κ3) is 4.78. The second kappa shape index (κ2) is 10.1. The highest BCUT2D eigenvalue weighted by atomic mass is 32.2. The number of hydrogen-bond acceptors (Lipinski definition) is 5. The van der Waals surface area contributed by atoms with Gasteiger partial charge in [-0.3, -0.25) is 9.69 Å². The first kappa shape index (κ1) is 24.5. The number of nitrogens with zero attached hydrogens (tertiary/aromatic N) is 3. The zero-order valence-corrected chi connectivity index (χ0v) is 21.4. The minimum absolute atomic E-state index is 0.0708. The summed E-state index contributed by atoms with van der Waals surface area (Å²) < 4.78 is 42.5. The molecule has 0 aliphatic carbocycles. The fourth-order valence-corrected chi connectivity index (χ4v) is 7.14. The molecule has 0 unspecified atom stereocenters. The lowest BCUT2D eigenvalue weighted by atomic mass is 9.96. The van der Waals surface area contributed by atoms with E-state index >= 15 is 0 Å². The first-order valence-electron chi connectivity index (χ1n) is 11.8. The first-order chi connectivity index (χ1) is 17.3. The van der Waals surface area contributed by atoms with Gasteiger partial charge < -0.3 is 0 Å². The Morgan fingerprint density at radius 2 is 1.72 bits per heavy atom. The number of benzene rings is 3. The molecule has 1 saturated heterocycles. The van der Waals surface area contributed by atoms with Gasteiger partial charge in [0.25, 0.3) is 0 Å². The van der Waals surface area contributed by atoms with Crippen LogP contribution in [0.25, 0.3) is 10.2 Å². The number of aromatic nitrogens is 1. The van der Waals surface area contributed by atoms with Crippen molar-refractivity contribution in [3.63, 3.8) is 0 Å². The molecule has 3 aromatic carbocycles. The average Bonchev–Trinajstić information content (AvgIpc) is 3.33. The third-order valence-corrected chi connectivity index (χ3v) is 9.52. The van der Waals surface area contributed by atoms with Gasteiger partial charge in [0.15, 0.2) is 5.13 Å². The standard InChI is InChI=1S/C27H26FN3O3S2/c1-19-8-7-12-23-25(19)29-27(35-23)31(18-20-9-3-2-4-10-20)26(32)21-14-16-30(17-15-21)36(33,34)24-13-6-5-11-22(24)28/h2-13,21H,14-18H2,1H3. The van der Waals surface area contributed by atoms with Crippen LogP contribution in [0.4, 0.5) is 9.52 Å². The van der Waals surface area contributed by atoms with Gasteiger partial charge in [0.05, 0.1) is 16.8 Å². The molecule has 5 rings (SSSR count). The summed E-state index contributed by atoms with van der Waals surface area (Å²) in [5, 5.41) is 0.634. The van der Waals surface area contributed by atoms with Gasteiger partial charge in [0, 0.05) is 19.0 Å². The van der Waals surface area contributed by atoms with Crippen molar-refractivity contribution in [3.05, 3.63) is 89.7 Å². The molecule has 1 aliphatic rings. The highest BCUT2D eigenvalue weighted by Crippen LogP contribution is 2.34. The summed E-state index contributed by atoms with van der Waals surface area (Å²) in [7, 11) is -3.96. The number of hydrogen-bond donors (Lipinski definition) is 0. The van der Waals surface area contributed by atoms with E-state index in [9.17, 15) is 17.6 Å². The van der Waals surface area contributed by atoms with Gasteiger partial charge >= 0.3 is 0 Å². The molecule has 9 heteroatoms. The maximum absolute atomic E-state index is 14.2. The van der Waals surface area contributed by atoms with E-state index in [0.717, 1.165) is 27.4 Å². The van der Waals surface area contributed by atoms with Gasteiger partial charge in [-0.15, -0.1) is 0 Å². The summed E-state index contributed by atoms with van der Waals surface area (Å²) in [6.45, 7) is 2.70. The molecule has 0 bridgehead atoms. The van der Waals surface area contributed by atoms with Crippen molar-refractivity contribution in [3.8, 4) is 0 Å². The molecule has 0 saturated carbocycles. The van der Waals surface area contributed by atoms with Crippen molar-refractivity contribution < 1.29 is 17.6 Å². The number of halogens is 1. The number of sulfonamides is 1.